The molecular formula is C12H17N2O6P. The van der Waals surface area contributed by atoms with Gasteiger partial charge in [-0.05, 0) is 13.0 Å². The number of nitrogens with zero attached hydrogens (tertiary/aromatic N) is 2. The van der Waals surface area contributed by atoms with Crippen molar-refractivity contribution in [1.29, 1.82) is 0 Å². The predicted octanol–water partition coefficient (Wildman–Crippen LogP) is 1.72. The maximum absolute atomic E-state index is 11.2. The second-order valence-electron chi connectivity index (χ2n) is 4.27. The Hall–Kier alpha value is -1.76. The number of hydroxylamine groups is 2. The lowest BCUT2D eigenvalue weighted by atomic mass is 10.1. The average molecular weight is 316 g/mol. The zero-order chi connectivity index (χ0) is 16.0. The fraction of sp³-hybridized carbons (Fsp3) is 0.417. The van der Waals surface area contributed by atoms with Gasteiger partial charge in [0, 0.05) is 16.5 Å². The Balaban J connectivity index is 3.20. The molecule has 1 rings (SSSR count). The van der Waals surface area contributed by atoms with Gasteiger partial charge in [-0.1, -0.05) is 0 Å². The number of nitro groups is 1. The molecule has 0 fully saturated rings. The molecule has 0 saturated heterocycles. The van der Waals surface area contributed by atoms with Crippen molar-refractivity contribution >= 4 is 20.9 Å². The third kappa shape index (κ3) is 4.93. The van der Waals surface area contributed by atoms with Crippen LogP contribution in [0.5, 0.6) is 11.5 Å². The van der Waals surface area contributed by atoms with E-state index in [4.69, 9.17) is 14.1 Å². The van der Waals surface area contributed by atoms with Crippen molar-refractivity contribution in [3.05, 3.63) is 27.8 Å². The number of hydrogen-bond donors (Lipinski definition) is 0. The Labute approximate surface area is 124 Å². The molecular weight excluding hydrogens is 299 g/mol. The molecule has 0 aromatic heterocycles. The zero-order valence-electron chi connectivity index (χ0n) is 12.0. The van der Waals surface area contributed by atoms with Crippen LogP contribution in [0.25, 0.3) is 0 Å². The smallest absolute Gasteiger partial charge is 0.277 e. The molecule has 1 atom stereocenters. The van der Waals surface area contributed by atoms with Crippen LogP contribution in [0.4, 0.5) is 5.69 Å². The molecule has 0 bridgehead atoms. The van der Waals surface area contributed by atoms with Gasteiger partial charge in [0.25, 0.3) is 5.69 Å². The van der Waals surface area contributed by atoms with E-state index in [1.54, 1.807) is 7.05 Å². The maximum atomic E-state index is 11.2. The van der Waals surface area contributed by atoms with E-state index < -0.39 is 4.92 Å². The van der Waals surface area contributed by atoms with Crippen LogP contribution in [0.15, 0.2) is 12.1 Å². The lowest BCUT2D eigenvalue weighted by Gasteiger charge is -2.15. The molecule has 0 heterocycles. The zero-order valence-corrected chi connectivity index (χ0v) is 13.1. The highest BCUT2D eigenvalue weighted by atomic mass is 31.0. The highest BCUT2D eigenvalue weighted by Gasteiger charge is 2.21. The van der Waals surface area contributed by atoms with Gasteiger partial charge < -0.3 is 9.47 Å². The molecule has 0 radical (unpaired) electrons. The van der Waals surface area contributed by atoms with Crippen molar-refractivity contribution in [1.82, 2.24) is 5.06 Å². The molecule has 0 aliphatic carbocycles. The van der Waals surface area contributed by atoms with Crippen molar-refractivity contribution in [2.45, 2.75) is 13.5 Å². The molecule has 8 nitrogen and oxygen atoms in total. The summed E-state index contributed by atoms with van der Waals surface area (Å²) < 4.78 is 15.3. The van der Waals surface area contributed by atoms with Gasteiger partial charge in [0.1, 0.15) is 6.61 Å². The highest BCUT2D eigenvalue weighted by Crippen LogP contribution is 2.35. The standard InChI is InChI=1S/C12H17N2O6P/c1-8(15)7-19-12-5-10(14(16)17)9(4-11(12)18-3)6-13(2)20-21/h4-5H,6-7,21H2,1-3H3. The van der Waals surface area contributed by atoms with E-state index in [1.165, 1.54) is 31.2 Å². The van der Waals surface area contributed by atoms with Crippen molar-refractivity contribution in [3.8, 4) is 11.5 Å². The fourth-order valence-electron chi connectivity index (χ4n) is 1.62. The van der Waals surface area contributed by atoms with Gasteiger partial charge in [0.05, 0.1) is 30.2 Å². The van der Waals surface area contributed by atoms with Gasteiger partial charge in [-0.25, -0.2) is 0 Å². The Bertz CT molecular complexity index is 537. The quantitative estimate of drug-likeness (QED) is 0.409. The number of ether oxygens (including phenoxy) is 2. The van der Waals surface area contributed by atoms with Crippen LogP contribution in [-0.2, 0) is 16.0 Å². The largest absolute Gasteiger partial charge is 0.493 e. The minimum atomic E-state index is -0.522. The Morgan fingerprint density at radius 1 is 1.43 bits per heavy atom. The molecule has 0 amide bonds. The average Bonchev–Trinajstić information content (AvgIpc) is 2.44. The van der Waals surface area contributed by atoms with Gasteiger partial charge in [-0.2, -0.15) is 5.06 Å². The molecule has 116 valence electrons. The van der Waals surface area contributed by atoms with Crippen LogP contribution in [0.2, 0.25) is 0 Å². The summed E-state index contributed by atoms with van der Waals surface area (Å²) in [6.45, 7) is 1.37. The van der Waals surface area contributed by atoms with Gasteiger partial charge in [-0.15, -0.1) is 0 Å². The lowest BCUT2D eigenvalue weighted by molar-refractivity contribution is -0.386. The molecule has 0 aliphatic heterocycles. The van der Waals surface area contributed by atoms with E-state index in [0.717, 1.165) is 0 Å². The molecule has 21 heavy (non-hydrogen) atoms. The molecule has 1 unspecified atom stereocenters. The number of nitro benzene ring substituents is 1. The highest BCUT2D eigenvalue weighted by molar-refractivity contribution is 7.09. The van der Waals surface area contributed by atoms with E-state index in [2.05, 4.69) is 9.47 Å². The van der Waals surface area contributed by atoms with E-state index in [1.807, 2.05) is 0 Å². The van der Waals surface area contributed by atoms with Crippen LogP contribution in [0, 0.1) is 10.1 Å². The first-order valence-corrected chi connectivity index (χ1v) is 6.41. The summed E-state index contributed by atoms with van der Waals surface area (Å²) in [5.74, 6) is 0.270. The molecule has 9 heteroatoms. The molecule has 0 N–H and O–H groups in total. The number of methoxy groups -OCH3 is 1. The number of carbonyl (C=O) groups is 1. The number of hydrogen-bond acceptors (Lipinski definition) is 7. The summed E-state index contributed by atoms with van der Waals surface area (Å²) >= 11 is 0. The number of benzene rings is 1. The summed E-state index contributed by atoms with van der Waals surface area (Å²) in [4.78, 5) is 21.6. The van der Waals surface area contributed by atoms with Gasteiger partial charge in [0.15, 0.2) is 17.3 Å². The molecule has 0 spiro atoms. The first kappa shape index (κ1) is 17.3. The normalized spacial score (nSPS) is 10.5. The van der Waals surface area contributed by atoms with Crippen LogP contribution < -0.4 is 9.47 Å². The monoisotopic (exact) mass is 316 g/mol. The molecule has 0 saturated carbocycles. The third-order valence-corrected chi connectivity index (χ3v) is 2.93. The van der Waals surface area contributed by atoms with Crippen molar-refractivity contribution in [3.63, 3.8) is 0 Å². The summed E-state index contributed by atoms with van der Waals surface area (Å²) in [5.41, 5.74) is 0.264. The molecule has 1 aromatic carbocycles. The predicted molar refractivity (Wildman–Crippen MR) is 78.1 cm³/mol. The van der Waals surface area contributed by atoms with Crippen molar-refractivity contribution < 1.29 is 23.8 Å². The fourth-order valence-corrected chi connectivity index (χ4v) is 1.69. The summed E-state index contributed by atoms with van der Waals surface area (Å²) in [7, 11) is 5.10. The number of Topliss-reactive ketones (excluding diaryl/α,β-unsaturated/α-hetero) is 1. The number of rotatable bonds is 8. The Morgan fingerprint density at radius 2 is 2.10 bits per heavy atom. The van der Waals surface area contributed by atoms with Crippen LogP contribution in [0.3, 0.4) is 0 Å². The summed E-state index contributed by atoms with van der Waals surface area (Å²) in [6.07, 6.45) is 0. The van der Waals surface area contributed by atoms with E-state index >= 15 is 0 Å². The first-order chi connectivity index (χ1) is 9.88. The second-order valence-corrected chi connectivity index (χ2v) is 4.48. The van der Waals surface area contributed by atoms with Gasteiger partial charge in [-0.3, -0.25) is 19.5 Å². The number of carbonyl (C=O) groups excluding carboxylic acids is 1. The van der Waals surface area contributed by atoms with E-state index in [-0.39, 0.29) is 30.4 Å². The second kappa shape index (κ2) is 7.87. The lowest BCUT2D eigenvalue weighted by Crippen LogP contribution is -2.15. The van der Waals surface area contributed by atoms with E-state index in [0.29, 0.717) is 11.3 Å². The Morgan fingerprint density at radius 3 is 2.57 bits per heavy atom. The van der Waals surface area contributed by atoms with Crippen LogP contribution in [0.1, 0.15) is 12.5 Å². The summed E-state index contributed by atoms with van der Waals surface area (Å²) in [6, 6.07) is 2.74. The molecule has 0 aliphatic rings. The first-order valence-electron chi connectivity index (χ1n) is 5.94. The minimum Gasteiger partial charge on any atom is -0.493 e. The Kier molecular flexibility index (Phi) is 6.48. The topological polar surface area (TPSA) is 91.1 Å². The van der Waals surface area contributed by atoms with E-state index in [9.17, 15) is 14.9 Å². The van der Waals surface area contributed by atoms with Crippen LogP contribution >= 0.6 is 9.47 Å². The van der Waals surface area contributed by atoms with Gasteiger partial charge >= 0.3 is 0 Å². The SMILES string of the molecule is COc1cc(CN(C)OP)c([N+](=O)[O-])cc1OCC(C)=O. The summed E-state index contributed by atoms with van der Waals surface area (Å²) in [5, 5.41) is 12.6. The number of ketones is 1. The van der Waals surface area contributed by atoms with Crippen LogP contribution in [-0.4, -0.2) is 36.5 Å². The van der Waals surface area contributed by atoms with Crippen molar-refractivity contribution in [2.24, 2.45) is 0 Å². The minimum absolute atomic E-state index is 0.136. The van der Waals surface area contributed by atoms with Crippen molar-refractivity contribution in [2.75, 3.05) is 20.8 Å². The molecule has 1 aromatic rings. The van der Waals surface area contributed by atoms with Gasteiger partial charge in [0.2, 0.25) is 0 Å². The third-order valence-electron chi connectivity index (χ3n) is 2.57. The maximum Gasteiger partial charge on any atom is 0.277 e.